The molecule has 0 heterocycles. The largest absolute Gasteiger partial charge is 0.507 e. The minimum Gasteiger partial charge on any atom is -0.507 e. The topological polar surface area (TPSA) is 80.7 Å². The Morgan fingerprint density at radius 2 is 1.71 bits per heavy atom. The smallest absolute Gasteiger partial charge is 0.341 e. The maximum atomic E-state index is 11.7. The van der Waals surface area contributed by atoms with Crippen LogP contribution in [0.25, 0.3) is 0 Å². The van der Waals surface area contributed by atoms with E-state index in [0.717, 1.165) is 0 Å². The normalized spacial score (nSPS) is 10.6. The molecule has 0 fully saturated rings. The lowest BCUT2D eigenvalue weighted by Crippen LogP contribution is -2.05. The molecule has 2 aromatic rings. The molecule has 7 heteroatoms. The van der Waals surface area contributed by atoms with Crippen molar-refractivity contribution in [2.75, 3.05) is 6.61 Å². The van der Waals surface area contributed by atoms with Crippen molar-refractivity contribution in [2.45, 2.75) is 11.8 Å². The fraction of sp³-hybridized carbons (Fsp3) is 0.118. The molecule has 0 aliphatic rings. The summed E-state index contributed by atoms with van der Waals surface area (Å²) in [6, 6.07) is 10.1. The van der Waals surface area contributed by atoms with E-state index in [9.17, 15) is 18.3 Å². The minimum atomic E-state index is -3.77. The van der Waals surface area contributed by atoms with Crippen LogP contribution in [-0.2, 0) is 13.8 Å². The Morgan fingerprint density at radius 3 is 2.29 bits per heavy atom. The summed E-state index contributed by atoms with van der Waals surface area (Å²) in [6.45, 7) is 1.87. The van der Waals surface area contributed by atoms with E-state index in [-0.39, 0.29) is 22.8 Å². The van der Waals surface area contributed by atoms with Gasteiger partial charge in [0.05, 0.1) is 11.5 Å². The summed E-state index contributed by atoms with van der Waals surface area (Å²) in [5, 5.41) is 9.71. The van der Waals surface area contributed by atoms with Crippen molar-refractivity contribution in [1.29, 1.82) is 0 Å². The van der Waals surface area contributed by atoms with Gasteiger partial charge in [-0.2, -0.15) is 0 Å². The van der Waals surface area contributed by atoms with Crippen LogP contribution in [0, 0.1) is 11.8 Å². The van der Waals surface area contributed by atoms with Gasteiger partial charge in [-0.1, -0.05) is 11.8 Å². The molecule has 1 N–H and O–H groups in total. The summed E-state index contributed by atoms with van der Waals surface area (Å²) in [5.74, 6) is 4.85. The molecule has 0 spiro atoms. The van der Waals surface area contributed by atoms with E-state index in [2.05, 4.69) is 11.8 Å². The summed E-state index contributed by atoms with van der Waals surface area (Å²) in [6.07, 6.45) is 0. The number of aromatic hydroxyl groups is 1. The number of phenolic OH excluding ortho intramolecular Hbond substituents is 1. The Bertz CT molecular complexity index is 922. The number of benzene rings is 2. The Morgan fingerprint density at radius 1 is 1.12 bits per heavy atom. The highest BCUT2D eigenvalue weighted by Gasteiger charge is 2.12. The number of halogens is 1. The van der Waals surface area contributed by atoms with Crippen LogP contribution in [0.5, 0.6) is 5.75 Å². The van der Waals surface area contributed by atoms with Crippen LogP contribution >= 0.6 is 10.7 Å². The fourth-order valence-electron chi connectivity index (χ4n) is 1.83. The number of hydrogen-bond acceptors (Lipinski definition) is 5. The van der Waals surface area contributed by atoms with Crippen LogP contribution in [0.1, 0.15) is 28.4 Å². The Balaban J connectivity index is 2.28. The number of rotatable bonds is 3. The van der Waals surface area contributed by atoms with Crippen LogP contribution < -0.4 is 0 Å². The molecule has 5 nitrogen and oxygen atoms in total. The van der Waals surface area contributed by atoms with Gasteiger partial charge in [-0.05, 0) is 49.4 Å². The van der Waals surface area contributed by atoms with Crippen molar-refractivity contribution in [3.63, 3.8) is 0 Å². The van der Waals surface area contributed by atoms with Gasteiger partial charge in [0.1, 0.15) is 11.3 Å². The number of ether oxygens (including phenoxy) is 1. The summed E-state index contributed by atoms with van der Waals surface area (Å²) in [7, 11) is 1.47. The zero-order valence-corrected chi connectivity index (χ0v) is 14.2. The van der Waals surface area contributed by atoms with Gasteiger partial charge in [0.25, 0.3) is 9.05 Å². The van der Waals surface area contributed by atoms with Crippen molar-refractivity contribution < 1.29 is 23.1 Å². The Hall–Kier alpha value is -2.49. The van der Waals surface area contributed by atoms with Crippen LogP contribution in [0.2, 0.25) is 0 Å². The third-order valence-corrected chi connectivity index (χ3v) is 4.35. The summed E-state index contributed by atoms with van der Waals surface area (Å²) in [5.41, 5.74) is 1.11. The average Bonchev–Trinajstić information content (AvgIpc) is 2.54. The number of phenols is 1. The zero-order chi connectivity index (χ0) is 17.7. The molecule has 124 valence electrons. The molecule has 0 radical (unpaired) electrons. The van der Waals surface area contributed by atoms with Crippen molar-refractivity contribution in [3.05, 3.63) is 59.2 Å². The van der Waals surface area contributed by atoms with Crippen LogP contribution in [0.4, 0.5) is 0 Å². The van der Waals surface area contributed by atoms with E-state index in [1.165, 1.54) is 36.4 Å². The van der Waals surface area contributed by atoms with E-state index >= 15 is 0 Å². The molecule has 0 amide bonds. The quantitative estimate of drug-likeness (QED) is 0.514. The van der Waals surface area contributed by atoms with Crippen molar-refractivity contribution in [2.24, 2.45) is 0 Å². The molecule has 0 saturated heterocycles. The fourth-order valence-corrected chi connectivity index (χ4v) is 2.60. The first-order valence-corrected chi connectivity index (χ1v) is 9.19. The summed E-state index contributed by atoms with van der Waals surface area (Å²) in [4.78, 5) is 11.7. The molecule has 0 saturated carbocycles. The average molecular weight is 365 g/mol. The van der Waals surface area contributed by atoms with Gasteiger partial charge in [0, 0.05) is 21.8 Å². The maximum Gasteiger partial charge on any atom is 0.341 e. The maximum absolute atomic E-state index is 11.7. The first-order valence-electron chi connectivity index (χ1n) is 6.88. The lowest BCUT2D eigenvalue weighted by molar-refractivity contribution is 0.0523. The zero-order valence-electron chi connectivity index (χ0n) is 12.6. The second-order valence-corrected chi connectivity index (χ2v) is 7.23. The van der Waals surface area contributed by atoms with Crippen LogP contribution in [0.15, 0.2) is 47.4 Å². The molecule has 0 aliphatic heterocycles. The predicted octanol–water partition coefficient (Wildman–Crippen LogP) is 2.90. The molecule has 0 atom stereocenters. The van der Waals surface area contributed by atoms with Crippen molar-refractivity contribution in [1.82, 2.24) is 0 Å². The predicted molar refractivity (Wildman–Crippen MR) is 89.5 cm³/mol. The number of carbonyl (C=O) groups is 1. The molecule has 0 bridgehead atoms. The highest BCUT2D eigenvalue weighted by Crippen LogP contribution is 2.19. The van der Waals surface area contributed by atoms with E-state index in [1.54, 1.807) is 13.0 Å². The lowest BCUT2D eigenvalue weighted by atomic mass is 10.1. The third kappa shape index (κ3) is 4.51. The highest BCUT2D eigenvalue weighted by molar-refractivity contribution is 8.13. The van der Waals surface area contributed by atoms with Gasteiger partial charge in [-0.3, -0.25) is 0 Å². The van der Waals surface area contributed by atoms with Gasteiger partial charge in [-0.25, -0.2) is 13.2 Å². The number of esters is 1. The SMILES string of the molecule is CCOC(=O)c1cc(C#Cc2ccc(S(=O)(=O)Cl)cc2)ccc1O. The second kappa shape index (κ2) is 7.39. The molecule has 0 unspecified atom stereocenters. The van der Waals surface area contributed by atoms with Crippen molar-refractivity contribution in [3.8, 4) is 17.6 Å². The molecule has 24 heavy (non-hydrogen) atoms. The molecular formula is C17H13ClO5S. The standard InChI is InChI=1S/C17H13ClO5S/c1-2-23-17(20)15-11-13(7-10-16(15)19)4-3-12-5-8-14(9-6-12)24(18,21)22/h5-11,19H,2H2,1H3. The first kappa shape index (κ1) is 17.9. The van der Waals surface area contributed by atoms with Gasteiger partial charge >= 0.3 is 5.97 Å². The van der Waals surface area contributed by atoms with Gasteiger partial charge < -0.3 is 9.84 Å². The molecule has 0 aromatic heterocycles. The molecule has 2 rings (SSSR count). The third-order valence-electron chi connectivity index (χ3n) is 2.98. The first-order chi connectivity index (χ1) is 11.3. The second-order valence-electron chi connectivity index (χ2n) is 4.66. The molecular weight excluding hydrogens is 352 g/mol. The lowest BCUT2D eigenvalue weighted by Gasteiger charge is -2.04. The van der Waals surface area contributed by atoms with Gasteiger partial charge in [0.2, 0.25) is 0 Å². The van der Waals surface area contributed by atoms with Gasteiger partial charge in [0.15, 0.2) is 0 Å². The van der Waals surface area contributed by atoms with E-state index in [1.807, 2.05) is 0 Å². The van der Waals surface area contributed by atoms with E-state index in [4.69, 9.17) is 15.4 Å². The number of carbonyl (C=O) groups excluding carboxylic acids is 1. The summed E-state index contributed by atoms with van der Waals surface area (Å²) >= 11 is 0. The molecule has 2 aromatic carbocycles. The van der Waals surface area contributed by atoms with E-state index < -0.39 is 15.0 Å². The van der Waals surface area contributed by atoms with Crippen LogP contribution in [-0.4, -0.2) is 26.1 Å². The Kier molecular flexibility index (Phi) is 5.50. The summed E-state index contributed by atoms with van der Waals surface area (Å²) < 4.78 is 27.2. The number of hydrogen-bond donors (Lipinski definition) is 1. The monoisotopic (exact) mass is 364 g/mol. The van der Waals surface area contributed by atoms with Crippen LogP contribution in [0.3, 0.4) is 0 Å². The highest BCUT2D eigenvalue weighted by atomic mass is 35.7. The Labute approximate surface area is 144 Å². The van der Waals surface area contributed by atoms with Crippen molar-refractivity contribution >= 4 is 25.7 Å². The van der Waals surface area contributed by atoms with Gasteiger partial charge in [-0.15, -0.1) is 0 Å². The minimum absolute atomic E-state index is 0.0102. The molecule has 0 aliphatic carbocycles. The van der Waals surface area contributed by atoms with E-state index in [0.29, 0.717) is 11.1 Å².